The molecule has 3 aliphatic heterocycles. The summed E-state index contributed by atoms with van der Waals surface area (Å²) in [6.45, 7) is 7.14. The van der Waals surface area contributed by atoms with E-state index >= 15 is 0 Å². The Morgan fingerprint density at radius 2 is 1.37 bits per heavy atom. The monoisotopic (exact) mass is 814 g/mol. The van der Waals surface area contributed by atoms with Gasteiger partial charge in [-0.05, 0) is 38.2 Å². The second-order valence-electron chi connectivity index (χ2n) is 13.7. The van der Waals surface area contributed by atoms with Gasteiger partial charge in [0.25, 0.3) is 11.8 Å². The summed E-state index contributed by atoms with van der Waals surface area (Å²) in [5.74, 6) is -2.28. The van der Waals surface area contributed by atoms with Gasteiger partial charge in [-0.3, -0.25) is 24.0 Å². The molecular weight excluding hydrogens is 773 g/mol. The number of aromatic nitrogens is 2. The summed E-state index contributed by atoms with van der Waals surface area (Å²) in [7, 11) is 2.53. The van der Waals surface area contributed by atoms with Crippen LogP contribution in [0.15, 0.2) is 46.1 Å². The first-order chi connectivity index (χ1) is 25.9. The Balaban J connectivity index is 1.41. The van der Waals surface area contributed by atoms with E-state index in [1.54, 1.807) is 17.7 Å². The first-order valence-electron chi connectivity index (χ1n) is 17.5. The third kappa shape index (κ3) is 9.60. The van der Waals surface area contributed by atoms with E-state index in [-0.39, 0.29) is 40.6 Å². The number of thiazole rings is 2. The Morgan fingerprint density at radius 3 is 2.00 bits per heavy atom. The molecule has 0 saturated carbocycles. The number of hydrogen-bond donors (Lipinski definition) is 6. The Bertz CT molecular complexity index is 1890. The van der Waals surface area contributed by atoms with E-state index < -0.39 is 72.1 Å². The summed E-state index contributed by atoms with van der Waals surface area (Å²) in [6, 6.07) is 3.86. The van der Waals surface area contributed by atoms with Crippen LogP contribution in [0.25, 0.3) is 0 Å². The van der Waals surface area contributed by atoms with E-state index in [4.69, 9.17) is 4.74 Å². The molecule has 288 valence electrons. The summed E-state index contributed by atoms with van der Waals surface area (Å²) >= 11 is 2.39. The van der Waals surface area contributed by atoms with Crippen molar-refractivity contribution in [2.24, 2.45) is 10.9 Å². The number of nitrogens with zero attached hydrogens (tertiary/aromatic N) is 3. The molecule has 3 unspecified atom stereocenters. The van der Waals surface area contributed by atoms with Gasteiger partial charge in [-0.2, -0.15) is 0 Å². The highest BCUT2D eigenvalue weighted by Crippen LogP contribution is 2.29. The van der Waals surface area contributed by atoms with Crippen molar-refractivity contribution in [3.8, 4) is 0 Å². The molecule has 8 bridgehead atoms. The lowest BCUT2D eigenvalue weighted by Crippen LogP contribution is -2.58. The molecule has 3 aromatic rings. The molecule has 0 fully saturated rings. The third-order valence-electron chi connectivity index (χ3n) is 8.85. The quantitative estimate of drug-likeness (QED) is 0.206. The van der Waals surface area contributed by atoms with Gasteiger partial charge in [0.05, 0.1) is 18.2 Å². The van der Waals surface area contributed by atoms with E-state index in [1.807, 2.05) is 44.2 Å². The third-order valence-corrected chi connectivity index (χ3v) is 13.2. The molecule has 5 amide bonds. The molecule has 0 saturated heterocycles. The molecule has 2 aromatic heterocycles. The maximum Gasteiger partial charge on any atom is 0.271 e. The van der Waals surface area contributed by atoms with Gasteiger partial charge < -0.3 is 36.4 Å². The molecule has 0 spiro atoms. The van der Waals surface area contributed by atoms with E-state index in [0.717, 1.165) is 5.56 Å². The number of nitrogens with one attached hydrogen (secondary N) is 5. The van der Waals surface area contributed by atoms with Gasteiger partial charge >= 0.3 is 0 Å². The Kier molecular flexibility index (Phi) is 12.9. The SMILES string of the molecule is CC(C)C[C@H]1NC(=O)C2N=C(OC2C)[C@@H]2CSSCC(NC(=O)c3csc1n3)C(=O)N[C@@H]([C@H](C)O)C(=O)N[C@H](Cc1ccccc1)c1nc(cs1)C(=O)N2. The van der Waals surface area contributed by atoms with Gasteiger partial charge in [0, 0.05) is 22.3 Å². The average molecular weight is 815 g/mol. The lowest BCUT2D eigenvalue weighted by molar-refractivity contribution is -0.132. The van der Waals surface area contributed by atoms with E-state index in [9.17, 15) is 29.1 Å². The zero-order valence-corrected chi connectivity index (χ0v) is 33.2. The highest BCUT2D eigenvalue weighted by atomic mass is 33.1. The zero-order valence-electron chi connectivity index (χ0n) is 29.9. The predicted octanol–water partition coefficient (Wildman–Crippen LogP) is 2.56. The molecule has 6 rings (SSSR count). The van der Waals surface area contributed by atoms with Gasteiger partial charge in [0.15, 0.2) is 6.04 Å². The number of aliphatic hydroxyl groups excluding tert-OH is 1. The van der Waals surface area contributed by atoms with Gasteiger partial charge in [-0.15, -0.1) is 22.7 Å². The predicted molar refractivity (Wildman–Crippen MR) is 208 cm³/mol. The van der Waals surface area contributed by atoms with Crippen molar-refractivity contribution in [2.75, 3.05) is 11.5 Å². The molecule has 19 heteroatoms. The maximum absolute atomic E-state index is 13.9. The molecule has 3 aliphatic rings. The second kappa shape index (κ2) is 17.6. The molecular formula is C35H42N8O7S4. The minimum atomic E-state index is -1.39. The fraction of sp³-hybridized carbons (Fsp3) is 0.486. The van der Waals surface area contributed by atoms with Crippen molar-refractivity contribution in [1.82, 2.24) is 36.6 Å². The van der Waals surface area contributed by atoms with E-state index in [0.29, 0.717) is 22.9 Å². The summed E-state index contributed by atoms with van der Waals surface area (Å²) in [4.78, 5) is 82.8. The topological polar surface area (TPSA) is 213 Å². The van der Waals surface area contributed by atoms with Crippen molar-refractivity contribution < 1.29 is 33.8 Å². The summed E-state index contributed by atoms with van der Waals surface area (Å²) in [5, 5.41) is 29.2. The van der Waals surface area contributed by atoms with Crippen molar-refractivity contribution >= 4 is 79.7 Å². The molecule has 5 heterocycles. The number of carbonyl (C=O) groups excluding carboxylic acids is 5. The normalized spacial score (nSPS) is 27.6. The number of aliphatic hydroxyl groups is 1. The van der Waals surface area contributed by atoms with Crippen LogP contribution in [-0.4, -0.2) is 98.4 Å². The van der Waals surface area contributed by atoms with Crippen LogP contribution >= 0.6 is 44.3 Å². The first-order valence-corrected chi connectivity index (χ1v) is 21.8. The molecule has 6 N–H and O–H groups in total. The highest BCUT2D eigenvalue weighted by Gasteiger charge is 2.39. The van der Waals surface area contributed by atoms with Gasteiger partial charge in [-0.1, -0.05) is 65.8 Å². The van der Waals surface area contributed by atoms with Crippen molar-refractivity contribution in [1.29, 1.82) is 0 Å². The second-order valence-corrected chi connectivity index (χ2v) is 18.0. The standard InChI is InChI=1S/C35H42N8O7S4/c1-16(2)10-20-34-40-22(12-51-34)28(45)38-24-14-53-54-15-25(33-43-27(18(4)50-33)32(49)36-20)39-29(46)23-13-52-35(41-23)21(11-19-8-6-5-7-9-19)37-31(48)26(17(3)44)42-30(24)47/h5-9,12-13,16-18,20-21,24-27,44H,10-11,14-15H2,1-4H3,(H,36,49)(H,37,48)(H,38,45)(H,39,46)(H,42,47)/t17-,18?,20+,21+,24?,25-,26-,27?/m0/s1. The largest absolute Gasteiger partial charge is 0.474 e. The molecule has 8 atom stereocenters. The van der Waals surface area contributed by atoms with Crippen LogP contribution in [0.1, 0.15) is 82.8 Å². The van der Waals surface area contributed by atoms with Crippen LogP contribution in [0.5, 0.6) is 0 Å². The van der Waals surface area contributed by atoms with Crippen LogP contribution in [0, 0.1) is 5.92 Å². The minimum Gasteiger partial charge on any atom is -0.474 e. The van der Waals surface area contributed by atoms with Gasteiger partial charge in [0.1, 0.15) is 45.6 Å². The summed E-state index contributed by atoms with van der Waals surface area (Å²) in [6.07, 6.45) is -1.12. The number of aliphatic imine (C=N–C) groups is 1. The van der Waals surface area contributed by atoms with Crippen molar-refractivity contribution in [3.63, 3.8) is 0 Å². The van der Waals surface area contributed by atoms with Crippen LogP contribution < -0.4 is 26.6 Å². The minimum absolute atomic E-state index is 0.0438. The Morgan fingerprint density at radius 1 is 0.778 bits per heavy atom. The van der Waals surface area contributed by atoms with Gasteiger partial charge in [0.2, 0.25) is 23.6 Å². The van der Waals surface area contributed by atoms with Crippen LogP contribution in [-0.2, 0) is 25.5 Å². The number of carbonyl (C=O) groups is 5. The maximum atomic E-state index is 13.9. The molecule has 0 radical (unpaired) electrons. The van der Waals surface area contributed by atoms with Gasteiger partial charge in [-0.25, -0.2) is 15.0 Å². The fourth-order valence-corrected chi connectivity index (χ4v) is 10.1. The van der Waals surface area contributed by atoms with E-state index in [2.05, 4.69) is 41.5 Å². The lowest BCUT2D eigenvalue weighted by Gasteiger charge is -2.26. The lowest BCUT2D eigenvalue weighted by atomic mass is 10.0. The van der Waals surface area contributed by atoms with E-state index in [1.165, 1.54) is 51.2 Å². The Hall–Kier alpha value is -4.04. The number of rotatable bonds is 5. The van der Waals surface area contributed by atoms with Crippen LogP contribution in [0.2, 0.25) is 0 Å². The fourth-order valence-electron chi connectivity index (χ4n) is 6.05. The van der Waals surface area contributed by atoms with Crippen molar-refractivity contribution in [3.05, 3.63) is 68.1 Å². The highest BCUT2D eigenvalue weighted by molar-refractivity contribution is 8.76. The zero-order chi connectivity index (χ0) is 38.5. The Labute approximate surface area is 328 Å². The summed E-state index contributed by atoms with van der Waals surface area (Å²) in [5.41, 5.74) is 1.05. The van der Waals surface area contributed by atoms with Crippen LogP contribution in [0.4, 0.5) is 0 Å². The number of hydrogen-bond acceptors (Lipinski definition) is 14. The molecule has 0 aliphatic carbocycles. The number of ether oxygens (including phenoxy) is 1. The number of fused-ring (bicyclic) bond motifs is 11. The molecule has 15 nitrogen and oxygen atoms in total. The van der Waals surface area contributed by atoms with Crippen LogP contribution in [0.3, 0.4) is 0 Å². The number of amides is 5. The molecule has 54 heavy (non-hydrogen) atoms. The smallest absolute Gasteiger partial charge is 0.271 e. The summed E-state index contributed by atoms with van der Waals surface area (Å²) < 4.78 is 6.14. The van der Waals surface area contributed by atoms with Crippen molar-refractivity contribution in [2.45, 2.75) is 89.0 Å². The first kappa shape index (κ1) is 39.6. The molecule has 1 aromatic carbocycles. The average Bonchev–Trinajstić information content (AvgIpc) is 3.90. The number of benzene rings is 1.